The fourth-order valence-corrected chi connectivity index (χ4v) is 5.21. The van der Waals surface area contributed by atoms with Crippen LogP contribution in [0.5, 0.6) is 0 Å². The number of aliphatic imine (C=N–C) groups is 2. The molecule has 6 heterocycles. The van der Waals surface area contributed by atoms with Crippen molar-refractivity contribution in [3.05, 3.63) is 95.6 Å². The van der Waals surface area contributed by atoms with E-state index in [1.54, 1.807) is 18.7 Å². The second-order valence-corrected chi connectivity index (χ2v) is 10.7. The molecular formula is C30H26N16. The molecule has 0 amide bonds. The van der Waals surface area contributed by atoms with Gasteiger partial charge < -0.3 is 10.6 Å². The number of nitrogens with one attached hydrogen (secondary N) is 2. The standard InChI is InChI=1S/C30H26N16/c1-17-15-19(3)43(39-17)29-33-23(31-27-37-35-25(45(27)41-29)21-11-7-5-8-12-21)24-32-28-38-36-26(22-13-9-6-10-14-22)46(28)42-30(34-24)44-20(4)16-18(2)40-44/h5-16H,1-4H3,(H,31,33,37,41)(H,32,34,38,42). The monoisotopic (exact) mass is 610 g/mol. The normalized spacial score (nSPS) is 14.1. The highest BCUT2D eigenvalue weighted by Crippen LogP contribution is 2.26. The van der Waals surface area contributed by atoms with Gasteiger partial charge in [-0.1, -0.05) is 60.7 Å². The average molecular weight is 611 g/mol. The van der Waals surface area contributed by atoms with Gasteiger partial charge >= 0.3 is 0 Å². The van der Waals surface area contributed by atoms with Gasteiger partial charge in [-0.05, 0) is 39.8 Å². The van der Waals surface area contributed by atoms with Crippen LogP contribution in [0.2, 0.25) is 0 Å². The van der Waals surface area contributed by atoms with Crippen molar-refractivity contribution >= 4 is 35.5 Å². The van der Waals surface area contributed by atoms with Gasteiger partial charge in [0.15, 0.2) is 23.3 Å². The molecule has 0 saturated carbocycles. The van der Waals surface area contributed by atoms with Gasteiger partial charge in [0.1, 0.15) is 0 Å². The Morgan fingerprint density at radius 1 is 0.522 bits per heavy atom. The van der Waals surface area contributed by atoms with Crippen molar-refractivity contribution in [2.75, 3.05) is 0 Å². The van der Waals surface area contributed by atoms with Gasteiger partial charge in [-0.25, -0.2) is 9.36 Å². The maximum absolute atomic E-state index is 4.89. The van der Waals surface area contributed by atoms with Crippen molar-refractivity contribution in [2.24, 2.45) is 20.2 Å². The molecular weight excluding hydrogens is 584 g/mol. The minimum atomic E-state index is 0.225. The van der Waals surface area contributed by atoms with Crippen LogP contribution in [0.15, 0.2) is 93.0 Å². The Morgan fingerprint density at radius 3 is 1.30 bits per heavy atom. The van der Waals surface area contributed by atoms with Crippen molar-refractivity contribution in [3.63, 3.8) is 0 Å². The first kappa shape index (κ1) is 27.0. The van der Waals surface area contributed by atoms with E-state index >= 15 is 0 Å². The third-order valence-electron chi connectivity index (χ3n) is 7.23. The van der Waals surface area contributed by atoms with E-state index in [0.717, 1.165) is 33.9 Å². The number of fused-ring (bicyclic) bond motifs is 2. The highest BCUT2D eigenvalue weighted by atomic mass is 15.6. The van der Waals surface area contributed by atoms with E-state index in [4.69, 9.17) is 20.2 Å². The van der Waals surface area contributed by atoms with Crippen LogP contribution < -0.4 is 10.6 Å². The highest BCUT2D eigenvalue weighted by molar-refractivity contribution is 6.46. The van der Waals surface area contributed by atoms with E-state index in [1.807, 2.05) is 100 Å². The lowest BCUT2D eigenvalue weighted by Gasteiger charge is -2.15. The first-order valence-electron chi connectivity index (χ1n) is 14.4. The Hall–Kier alpha value is -6.58. The lowest BCUT2D eigenvalue weighted by Crippen LogP contribution is -2.48. The van der Waals surface area contributed by atoms with E-state index in [-0.39, 0.29) is 23.6 Å². The van der Waals surface area contributed by atoms with Crippen LogP contribution in [0.25, 0.3) is 22.8 Å². The molecule has 2 aromatic carbocycles. The summed E-state index contributed by atoms with van der Waals surface area (Å²) in [6.07, 6.45) is 0. The molecule has 0 radical (unpaired) electrons. The number of benzene rings is 2. The van der Waals surface area contributed by atoms with Crippen LogP contribution in [0.3, 0.4) is 0 Å². The summed E-state index contributed by atoms with van der Waals surface area (Å²) in [6.45, 7) is 7.72. The third-order valence-corrected chi connectivity index (χ3v) is 7.23. The molecule has 0 spiro atoms. The molecule has 8 rings (SSSR count). The smallest absolute Gasteiger partial charge is 0.274 e. The number of amidine groups is 2. The second kappa shape index (κ2) is 10.5. The summed E-state index contributed by atoms with van der Waals surface area (Å²) in [5, 5.41) is 43.4. The molecule has 0 atom stereocenters. The first-order valence-corrected chi connectivity index (χ1v) is 14.4. The molecule has 6 aromatic rings. The quantitative estimate of drug-likeness (QED) is 0.308. The number of hydrogen-bond donors (Lipinski definition) is 2. The Labute approximate surface area is 261 Å². The molecule has 46 heavy (non-hydrogen) atoms. The van der Waals surface area contributed by atoms with Crippen molar-refractivity contribution in [3.8, 4) is 22.8 Å². The van der Waals surface area contributed by atoms with Gasteiger partial charge in [0.25, 0.3) is 11.9 Å². The van der Waals surface area contributed by atoms with Crippen LogP contribution in [0, 0.1) is 27.7 Å². The predicted octanol–water partition coefficient (Wildman–Crippen LogP) is 3.13. The molecule has 226 valence electrons. The zero-order chi connectivity index (χ0) is 31.4. The van der Waals surface area contributed by atoms with E-state index in [9.17, 15) is 0 Å². The fraction of sp³-hybridized carbons (Fsp3) is 0.133. The van der Waals surface area contributed by atoms with Crippen LogP contribution >= 0.6 is 0 Å². The van der Waals surface area contributed by atoms with Gasteiger partial charge in [0, 0.05) is 22.5 Å². The van der Waals surface area contributed by atoms with Crippen molar-refractivity contribution in [1.82, 2.24) is 59.9 Å². The maximum atomic E-state index is 4.89. The minimum Gasteiger partial charge on any atom is -0.304 e. The van der Waals surface area contributed by atoms with E-state index < -0.39 is 0 Å². The van der Waals surface area contributed by atoms with Crippen molar-refractivity contribution < 1.29 is 0 Å². The Bertz CT molecular complexity index is 2080. The molecule has 16 heteroatoms. The van der Waals surface area contributed by atoms with Gasteiger partial charge in [-0.15, -0.1) is 30.6 Å². The largest absolute Gasteiger partial charge is 0.304 e. The van der Waals surface area contributed by atoms with Crippen LogP contribution in [-0.4, -0.2) is 72.9 Å². The fourth-order valence-electron chi connectivity index (χ4n) is 5.21. The molecule has 16 nitrogen and oxygen atoms in total. The molecule has 2 aliphatic heterocycles. The van der Waals surface area contributed by atoms with Gasteiger partial charge in [0.05, 0.1) is 11.4 Å². The van der Waals surface area contributed by atoms with Gasteiger partial charge in [-0.3, -0.25) is 0 Å². The molecule has 2 N–H and O–H groups in total. The maximum Gasteiger partial charge on any atom is 0.274 e. The van der Waals surface area contributed by atoms with Crippen LogP contribution in [0.4, 0.5) is 11.9 Å². The van der Waals surface area contributed by atoms with E-state index in [2.05, 4.69) is 41.2 Å². The molecule has 0 fully saturated rings. The van der Waals surface area contributed by atoms with E-state index in [1.165, 1.54) is 0 Å². The minimum absolute atomic E-state index is 0.225. The topological polar surface area (TPSA) is 171 Å². The second-order valence-electron chi connectivity index (χ2n) is 10.7. The molecule has 0 unspecified atom stereocenters. The summed E-state index contributed by atoms with van der Waals surface area (Å²) < 4.78 is 6.53. The third kappa shape index (κ3) is 4.64. The zero-order valence-corrected chi connectivity index (χ0v) is 25.2. The predicted molar refractivity (Wildman–Crippen MR) is 171 cm³/mol. The van der Waals surface area contributed by atoms with Gasteiger partial charge in [0.2, 0.25) is 11.9 Å². The molecule has 0 saturated heterocycles. The Balaban J connectivity index is 1.32. The summed E-state index contributed by atoms with van der Waals surface area (Å²) in [5.74, 6) is 2.71. The number of aryl methyl sites for hydroxylation is 4. The average Bonchev–Trinajstić information content (AvgIpc) is 3.76. The number of hydrogen-bond acceptors (Lipinski definition) is 12. The Kier molecular flexibility index (Phi) is 6.19. The number of rotatable bonds is 3. The SMILES string of the molecule is Cc1cc(C)n(C2=Nn3c(nnc3-c3ccccc3)N=C(C3=Nc4nnc(-c5ccccc5)n4N=C(n4nc(C)cc4C)N3)N2)n1. The molecule has 0 bridgehead atoms. The van der Waals surface area contributed by atoms with Crippen molar-refractivity contribution in [2.45, 2.75) is 27.7 Å². The summed E-state index contributed by atoms with van der Waals surface area (Å²) in [5.41, 5.74) is 5.00. The lowest BCUT2D eigenvalue weighted by atomic mass is 10.2. The molecule has 4 aromatic heterocycles. The van der Waals surface area contributed by atoms with Crippen molar-refractivity contribution in [1.29, 1.82) is 0 Å². The number of aromatic nitrogens is 10. The summed E-state index contributed by atoms with van der Waals surface area (Å²) in [6, 6.07) is 23.2. The molecule has 2 aliphatic rings. The molecule has 0 aliphatic carbocycles. The number of nitrogens with zero attached hydrogens (tertiary/aromatic N) is 14. The zero-order valence-electron chi connectivity index (χ0n) is 25.2. The van der Waals surface area contributed by atoms with Crippen LogP contribution in [0.1, 0.15) is 22.8 Å². The first-order chi connectivity index (χ1) is 22.4. The summed E-state index contributed by atoms with van der Waals surface area (Å²) in [7, 11) is 0. The van der Waals surface area contributed by atoms with E-state index in [0.29, 0.717) is 23.6 Å². The summed E-state index contributed by atoms with van der Waals surface area (Å²) >= 11 is 0. The summed E-state index contributed by atoms with van der Waals surface area (Å²) in [4.78, 5) is 9.72. The Morgan fingerprint density at radius 2 is 0.935 bits per heavy atom. The van der Waals surface area contributed by atoms with Gasteiger partial charge in [-0.2, -0.15) is 29.5 Å². The highest BCUT2D eigenvalue weighted by Gasteiger charge is 2.28. The lowest BCUT2D eigenvalue weighted by molar-refractivity contribution is 0.807. The van der Waals surface area contributed by atoms with Crippen LogP contribution in [-0.2, 0) is 0 Å².